The van der Waals surface area contributed by atoms with Crippen LogP contribution in [0.2, 0.25) is 0 Å². The van der Waals surface area contributed by atoms with E-state index in [-0.39, 0.29) is 30.3 Å². The summed E-state index contributed by atoms with van der Waals surface area (Å²) in [6.07, 6.45) is 4.20. The SMILES string of the molecule is CC1(C)CN(C(=O)CCc2ccccc2)CC(=O)N(CC(O)Cn2cccc2)C1. The fraction of sp³-hybridized carbons (Fsp3) is 0.478. The number of benzene rings is 1. The molecule has 1 fully saturated rings. The van der Waals surface area contributed by atoms with E-state index in [1.54, 1.807) is 9.80 Å². The molecule has 156 valence electrons. The van der Waals surface area contributed by atoms with Gasteiger partial charge in [-0.2, -0.15) is 0 Å². The Morgan fingerprint density at radius 3 is 2.45 bits per heavy atom. The van der Waals surface area contributed by atoms with Crippen molar-refractivity contribution in [3.05, 3.63) is 60.4 Å². The fourth-order valence-electron chi connectivity index (χ4n) is 3.93. The van der Waals surface area contributed by atoms with Crippen molar-refractivity contribution in [2.75, 3.05) is 26.2 Å². The number of hydrogen-bond acceptors (Lipinski definition) is 3. The van der Waals surface area contributed by atoms with Gasteiger partial charge in [-0.25, -0.2) is 0 Å². The van der Waals surface area contributed by atoms with Crippen molar-refractivity contribution in [1.29, 1.82) is 0 Å². The number of amides is 2. The van der Waals surface area contributed by atoms with Crippen molar-refractivity contribution in [3.63, 3.8) is 0 Å². The molecule has 3 rings (SSSR count). The van der Waals surface area contributed by atoms with E-state index in [0.717, 1.165) is 5.56 Å². The van der Waals surface area contributed by atoms with Crippen molar-refractivity contribution in [3.8, 4) is 0 Å². The quantitative estimate of drug-likeness (QED) is 0.779. The largest absolute Gasteiger partial charge is 0.389 e. The zero-order valence-electron chi connectivity index (χ0n) is 17.3. The van der Waals surface area contributed by atoms with E-state index in [1.165, 1.54) is 0 Å². The third-order valence-electron chi connectivity index (χ3n) is 5.26. The van der Waals surface area contributed by atoms with Gasteiger partial charge in [-0.3, -0.25) is 9.59 Å². The second-order valence-electron chi connectivity index (χ2n) is 8.71. The minimum atomic E-state index is -0.650. The lowest BCUT2D eigenvalue weighted by atomic mass is 9.92. The van der Waals surface area contributed by atoms with E-state index in [1.807, 2.05) is 59.4 Å². The standard InChI is InChI=1S/C23H31N3O3/c1-23(2)17-25(15-20(27)14-24-12-6-7-13-24)22(29)16-26(18-23)21(28)11-10-19-8-4-3-5-9-19/h3-9,12-13,20,27H,10-11,14-18H2,1-2H3. The van der Waals surface area contributed by atoms with E-state index >= 15 is 0 Å². The van der Waals surface area contributed by atoms with Crippen LogP contribution >= 0.6 is 0 Å². The topological polar surface area (TPSA) is 65.8 Å². The van der Waals surface area contributed by atoms with Gasteiger partial charge in [0.15, 0.2) is 0 Å². The molecule has 0 aliphatic carbocycles. The molecule has 0 bridgehead atoms. The van der Waals surface area contributed by atoms with Crippen LogP contribution in [0.3, 0.4) is 0 Å². The summed E-state index contributed by atoms with van der Waals surface area (Å²) in [7, 11) is 0. The van der Waals surface area contributed by atoms with Crippen molar-refractivity contribution in [2.45, 2.75) is 39.3 Å². The first kappa shape index (κ1) is 21.1. The smallest absolute Gasteiger partial charge is 0.242 e. The Labute approximate surface area is 172 Å². The first-order valence-electron chi connectivity index (χ1n) is 10.2. The summed E-state index contributed by atoms with van der Waals surface area (Å²) in [5.41, 5.74) is 0.887. The van der Waals surface area contributed by atoms with Crippen LogP contribution in [-0.2, 0) is 22.6 Å². The van der Waals surface area contributed by atoms with Crippen molar-refractivity contribution < 1.29 is 14.7 Å². The van der Waals surface area contributed by atoms with Crippen LogP contribution in [0, 0.1) is 5.41 Å². The van der Waals surface area contributed by atoms with Gasteiger partial charge in [0.05, 0.1) is 12.6 Å². The Balaban J connectivity index is 1.59. The molecule has 1 aliphatic heterocycles. The molecule has 1 atom stereocenters. The molecule has 0 spiro atoms. The number of hydrogen-bond donors (Lipinski definition) is 1. The predicted octanol–water partition coefficient (Wildman–Crippen LogP) is 2.18. The number of aromatic nitrogens is 1. The van der Waals surface area contributed by atoms with Gasteiger partial charge in [-0.15, -0.1) is 0 Å². The van der Waals surface area contributed by atoms with E-state index < -0.39 is 6.10 Å². The number of rotatable bonds is 7. The van der Waals surface area contributed by atoms with Crippen LogP contribution in [0.4, 0.5) is 0 Å². The summed E-state index contributed by atoms with van der Waals surface area (Å²) in [5.74, 6) is -0.0970. The second-order valence-corrected chi connectivity index (χ2v) is 8.71. The number of β-amino-alcohol motifs (C(OH)–C–C–N with tert-alkyl or cyclic N) is 1. The highest BCUT2D eigenvalue weighted by Gasteiger charge is 2.35. The lowest BCUT2D eigenvalue weighted by molar-refractivity contribution is -0.139. The van der Waals surface area contributed by atoms with Gasteiger partial charge in [0.2, 0.25) is 11.8 Å². The summed E-state index contributed by atoms with van der Waals surface area (Å²) >= 11 is 0. The van der Waals surface area contributed by atoms with Gasteiger partial charge in [0.1, 0.15) is 0 Å². The second kappa shape index (κ2) is 9.27. The summed E-state index contributed by atoms with van der Waals surface area (Å²) in [5, 5.41) is 10.4. The first-order chi connectivity index (χ1) is 13.8. The molecule has 1 unspecified atom stereocenters. The number of aliphatic hydroxyl groups excluding tert-OH is 1. The molecule has 2 aromatic rings. The lowest BCUT2D eigenvalue weighted by Gasteiger charge is -2.31. The van der Waals surface area contributed by atoms with Gasteiger partial charge in [0, 0.05) is 45.0 Å². The van der Waals surface area contributed by atoms with Crippen LogP contribution in [0.5, 0.6) is 0 Å². The van der Waals surface area contributed by atoms with Crippen LogP contribution < -0.4 is 0 Å². The minimum Gasteiger partial charge on any atom is -0.389 e. The maximum absolute atomic E-state index is 12.8. The maximum Gasteiger partial charge on any atom is 0.242 e. The number of aliphatic hydroxyl groups is 1. The highest BCUT2D eigenvalue weighted by molar-refractivity contribution is 5.85. The summed E-state index contributed by atoms with van der Waals surface area (Å²) in [4.78, 5) is 29.0. The van der Waals surface area contributed by atoms with Crippen LogP contribution in [-0.4, -0.2) is 63.6 Å². The molecule has 6 heteroatoms. The molecule has 2 heterocycles. The number of nitrogens with zero attached hydrogens (tertiary/aromatic N) is 3. The molecule has 2 amide bonds. The average Bonchev–Trinajstić information content (AvgIpc) is 3.14. The summed E-state index contributed by atoms with van der Waals surface area (Å²) in [6.45, 7) is 5.98. The number of aryl methyl sites for hydroxylation is 1. The van der Waals surface area contributed by atoms with Gasteiger partial charge < -0.3 is 19.5 Å². The monoisotopic (exact) mass is 397 g/mol. The zero-order valence-corrected chi connectivity index (χ0v) is 17.3. The Morgan fingerprint density at radius 2 is 1.76 bits per heavy atom. The Morgan fingerprint density at radius 1 is 1.07 bits per heavy atom. The molecule has 0 radical (unpaired) electrons. The van der Waals surface area contributed by atoms with Crippen molar-refractivity contribution >= 4 is 11.8 Å². The van der Waals surface area contributed by atoms with Gasteiger partial charge in [0.25, 0.3) is 0 Å². The number of carbonyl (C=O) groups is 2. The molecular weight excluding hydrogens is 366 g/mol. The Hall–Kier alpha value is -2.60. The average molecular weight is 398 g/mol. The third kappa shape index (κ3) is 6.19. The molecule has 6 nitrogen and oxygen atoms in total. The van der Waals surface area contributed by atoms with Crippen LogP contribution in [0.25, 0.3) is 0 Å². The van der Waals surface area contributed by atoms with Crippen LogP contribution in [0.15, 0.2) is 54.9 Å². The number of carbonyl (C=O) groups excluding carboxylic acids is 2. The summed E-state index contributed by atoms with van der Waals surface area (Å²) < 4.78 is 1.90. The zero-order chi connectivity index (χ0) is 20.9. The Bertz CT molecular complexity index is 802. The van der Waals surface area contributed by atoms with E-state index in [2.05, 4.69) is 13.8 Å². The van der Waals surface area contributed by atoms with E-state index in [4.69, 9.17) is 0 Å². The molecule has 1 aromatic carbocycles. The molecule has 1 N–H and O–H groups in total. The predicted molar refractivity (Wildman–Crippen MR) is 112 cm³/mol. The molecular formula is C23H31N3O3. The fourth-order valence-corrected chi connectivity index (χ4v) is 3.93. The van der Waals surface area contributed by atoms with Crippen molar-refractivity contribution in [1.82, 2.24) is 14.4 Å². The van der Waals surface area contributed by atoms with Gasteiger partial charge >= 0.3 is 0 Å². The Kier molecular flexibility index (Phi) is 6.75. The highest BCUT2D eigenvalue weighted by atomic mass is 16.3. The molecule has 1 saturated heterocycles. The third-order valence-corrected chi connectivity index (χ3v) is 5.26. The molecule has 29 heavy (non-hydrogen) atoms. The van der Waals surface area contributed by atoms with Crippen molar-refractivity contribution in [2.24, 2.45) is 5.41 Å². The lowest BCUT2D eigenvalue weighted by Crippen LogP contribution is -2.43. The van der Waals surface area contributed by atoms with Crippen LogP contribution in [0.1, 0.15) is 25.8 Å². The highest BCUT2D eigenvalue weighted by Crippen LogP contribution is 2.23. The van der Waals surface area contributed by atoms with Gasteiger partial charge in [-0.05, 0) is 29.5 Å². The minimum absolute atomic E-state index is 0.00465. The first-order valence-corrected chi connectivity index (χ1v) is 10.2. The van der Waals surface area contributed by atoms with E-state index in [9.17, 15) is 14.7 Å². The van der Waals surface area contributed by atoms with Gasteiger partial charge in [-0.1, -0.05) is 44.2 Å². The molecule has 1 aromatic heterocycles. The molecule has 0 saturated carbocycles. The molecule has 1 aliphatic rings. The maximum atomic E-state index is 12.8. The van der Waals surface area contributed by atoms with E-state index in [0.29, 0.717) is 32.5 Å². The normalized spacial score (nSPS) is 17.8. The summed E-state index contributed by atoms with van der Waals surface area (Å²) in [6, 6.07) is 13.7.